The lowest BCUT2D eigenvalue weighted by atomic mass is 10.2. The van der Waals surface area contributed by atoms with Gasteiger partial charge in [-0.15, -0.1) is 32.1 Å². The Balaban J connectivity index is -0.0000000790. The summed E-state index contributed by atoms with van der Waals surface area (Å²) in [4.78, 5) is 57.2. The Morgan fingerprint density at radius 1 is 0.878 bits per heavy atom. The van der Waals surface area contributed by atoms with Gasteiger partial charge in [0.15, 0.2) is 5.78 Å². The van der Waals surface area contributed by atoms with E-state index in [4.69, 9.17) is 28.2 Å². The molecule has 0 fully saturated rings. The first kappa shape index (κ1) is 58.0. The largest absolute Gasteiger partial charge is 0.480 e. The Bertz CT molecular complexity index is 882. The average Bonchev–Trinajstić information content (AvgIpc) is 2.99. The number of halogens is 1. The first-order chi connectivity index (χ1) is 23.0. The second kappa shape index (κ2) is 42.8. The summed E-state index contributed by atoms with van der Waals surface area (Å²) in [5.74, 6) is -0.806. The summed E-state index contributed by atoms with van der Waals surface area (Å²) in [5.41, 5.74) is 3.78. The third-order valence-electron chi connectivity index (χ3n) is 3.99. The van der Waals surface area contributed by atoms with Crippen molar-refractivity contribution in [3.05, 3.63) is 38.0 Å². The zero-order chi connectivity index (χ0) is 41.4. The van der Waals surface area contributed by atoms with Gasteiger partial charge in [0, 0.05) is 42.8 Å². The number of ketones is 2. The molecule has 13 nitrogen and oxygen atoms in total. The molecule has 0 aliphatic rings. The molecule has 0 unspecified atom stereocenters. The summed E-state index contributed by atoms with van der Waals surface area (Å²) in [6, 6.07) is 0. The molecule has 0 saturated carbocycles. The van der Waals surface area contributed by atoms with E-state index >= 15 is 0 Å². The second-order valence-corrected chi connectivity index (χ2v) is 11.2. The summed E-state index contributed by atoms with van der Waals surface area (Å²) in [6.07, 6.45) is 6.45. The maximum Gasteiger partial charge on any atom is 0.410 e. The van der Waals surface area contributed by atoms with Gasteiger partial charge in [0.1, 0.15) is 23.5 Å². The van der Waals surface area contributed by atoms with Crippen molar-refractivity contribution in [1.29, 1.82) is 0 Å². The van der Waals surface area contributed by atoms with E-state index in [1.165, 1.54) is 19.4 Å². The summed E-state index contributed by atoms with van der Waals surface area (Å²) >= 11 is 0. The van der Waals surface area contributed by atoms with Crippen LogP contribution in [0.2, 0.25) is 0 Å². The Morgan fingerprint density at radius 3 is 1.43 bits per heavy atom. The molecule has 0 spiro atoms. The van der Waals surface area contributed by atoms with Crippen LogP contribution >= 0.6 is 12.4 Å². The monoisotopic (exact) mass is 732 g/mol. The van der Waals surface area contributed by atoms with Gasteiger partial charge in [-0.25, -0.2) is 9.59 Å². The van der Waals surface area contributed by atoms with Crippen molar-refractivity contribution in [2.24, 2.45) is 5.73 Å². The van der Waals surface area contributed by atoms with Crippen molar-refractivity contribution in [2.75, 3.05) is 53.9 Å². The molecule has 0 aliphatic carbocycles. The number of ether oxygens (including phenoxy) is 2. The van der Waals surface area contributed by atoms with Gasteiger partial charge in [-0.3, -0.25) is 14.4 Å². The van der Waals surface area contributed by atoms with Crippen LogP contribution in [-0.4, -0.2) is 115 Å². The molecular weight excluding hydrogens is 656 g/mol. The molecule has 294 valence electrons. The van der Waals surface area contributed by atoms with Crippen molar-refractivity contribution in [3.8, 4) is 0 Å². The Labute approximate surface area is 307 Å². The lowest BCUT2D eigenvalue weighted by Gasteiger charge is -2.24. The lowest BCUT2D eigenvalue weighted by Crippen LogP contribution is -2.37. The Kier molecular flexibility index (Phi) is 50.6. The first-order valence-electron chi connectivity index (χ1n) is 17.0. The number of carboxylic acid groups (broad SMARTS) is 1. The number of hydrogen-bond acceptors (Lipinski definition) is 10. The number of nitrogens with two attached hydrogens (primary N) is 1. The van der Waals surface area contributed by atoms with Gasteiger partial charge in [0.2, 0.25) is 0 Å². The number of Topliss-reactive ketones (excluding diaryl/α,β-unsaturated/α-hetero) is 2. The van der Waals surface area contributed by atoms with Gasteiger partial charge in [0.25, 0.3) is 0 Å². The third-order valence-corrected chi connectivity index (χ3v) is 3.99. The fourth-order valence-corrected chi connectivity index (χ4v) is 2.17. The normalized spacial score (nSPS) is 9.43. The number of amides is 2. The smallest absolute Gasteiger partial charge is 0.410 e. The van der Waals surface area contributed by atoms with E-state index in [1.54, 1.807) is 87.7 Å². The number of nitrogens with zero attached hydrogens (tertiary/aromatic N) is 2. The molecule has 49 heavy (non-hydrogen) atoms. The van der Waals surface area contributed by atoms with Gasteiger partial charge in [-0.1, -0.05) is 39.5 Å². The minimum Gasteiger partial charge on any atom is -0.480 e. The van der Waals surface area contributed by atoms with Crippen LogP contribution in [0, 0.1) is 0 Å². The first-order valence-corrected chi connectivity index (χ1v) is 15.2. The van der Waals surface area contributed by atoms with Crippen LogP contribution in [0.3, 0.4) is 0 Å². The van der Waals surface area contributed by atoms with Crippen LogP contribution in [-0.2, 0) is 23.9 Å². The van der Waals surface area contributed by atoms with E-state index in [0.29, 0.717) is 39.3 Å². The van der Waals surface area contributed by atoms with Gasteiger partial charge in [-0.05, 0) is 68.4 Å². The second-order valence-electron chi connectivity index (χ2n) is 11.2. The number of carbonyl (C=O) groups is 5. The molecule has 0 saturated heterocycles. The molecule has 0 heterocycles. The fraction of sp³-hybridized carbons (Fsp3) is 0.686. The van der Waals surface area contributed by atoms with Crippen molar-refractivity contribution >= 4 is 42.1 Å². The molecule has 2 amide bonds. The highest BCUT2D eigenvalue weighted by molar-refractivity contribution is 5.85. The molecule has 0 rings (SSSR count). The molecule has 0 aromatic rings. The average molecular weight is 732 g/mol. The quantitative estimate of drug-likeness (QED) is 0.156. The Hall–Kier alpha value is -3.26. The molecular formula is C35H73ClN4O9. The van der Waals surface area contributed by atoms with Crippen molar-refractivity contribution < 1.29 is 46.4 Å². The summed E-state index contributed by atoms with van der Waals surface area (Å²) in [7, 11) is 5.95. The third kappa shape index (κ3) is 67.7. The van der Waals surface area contributed by atoms with Crippen LogP contribution in [0.4, 0.5) is 9.59 Å². The highest BCUT2D eigenvalue weighted by Gasteiger charge is 2.21. The van der Waals surface area contributed by atoms with Gasteiger partial charge in [-0.2, -0.15) is 0 Å². The van der Waals surface area contributed by atoms with E-state index in [-0.39, 0.29) is 43.7 Å². The minimum atomic E-state index is -1.06. The number of aliphatic hydroxyl groups excluding tert-OH is 1. The van der Waals surface area contributed by atoms with E-state index in [0.717, 1.165) is 11.3 Å². The summed E-state index contributed by atoms with van der Waals surface area (Å²) in [5, 5.41) is 18.7. The lowest BCUT2D eigenvalue weighted by molar-refractivity contribution is -0.138. The van der Waals surface area contributed by atoms with E-state index in [1.807, 2.05) is 0 Å². The van der Waals surface area contributed by atoms with E-state index in [2.05, 4.69) is 25.1 Å². The minimum absolute atomic E-state index is 0. The number of aliphatic carboxylic acids is 1. The van der Waals surface area contributed by atoms with E-state index in [9.17, 15) is 24.0 Å². The predicted octanol–water partition coefficient (Wildman–Crippen LogP) is 6.28. The number of carbonyl (C=O) groups excluding carboxylic acids is 4. The van der Waals surface area contributed by atoms with Crippen LogP contribution in [0.5, 0.6) is 0 Å². The molecule has 14 heteroatoms. The van der Waals surface area contributed by atoms with Crippen molar-refractivity contribution in [1.82, 2.24) is 15.1 Å². The molecule has 5 N–H and O–H groups in total. The number of likely N-dealkylation sites (N-methyl/N-ethyl adjacent to an activating group) is 3. The standard InChI is InChI=1S/C12H21NO3.C8H15NO4.C7H13NO.C3H7N.C2H6O.C2H6.CH4.ClH/c1-6-7-8-10(14)9-13(5)11(15)16-12(2,3)4;1-8(2,3)13-7(12)9(4)5-6(10)11;1-3-4-5-7(9)6-8-2;1-2-3-4;1-2-3;1-2;;/h6H,1,7-9H2,2-5H3;5H2,1-4H3,(H,10,11);3,8H,1,4-6H2,2H3;2H,1,3-4H2;3H,2H2,1H3;1-2H3;1H4;1H/i;;;;;1D;1T;. The van der Waals surface area contributed by atoms with E-state index < -0.39 is 29.4 Å². The molecule has 0 aromatic heterocycles. The maximum absolute atomic E-state index is 11.5. The SMILES string of the molecule is C=CCCC(=O)CN(C)C(=O)OC(C)(C)C.C=CCCC(=O)CNC.C=CCN.CCO.CN(CC(=O)O)C(=O)OC(C)(C)C.Cl.[2H]CC.[3H]C. The summed E-state index contributed by atoms with van der Waals surface area (Å²) in [6.45, 7) is 26.0. The number of nitrogens with one attached hydrogen (secondary N) is 1. The van der Waals surface area contributed by atoms with Gasteiger partial charge < -0.3 is 40.5 Å². The highest BCUT2D eigenvalue weighted by atomic mass is 35.5. The zero-order valence-corrected chi connectivity index (χ0v) is 33.4. The van der Waals surface area contributed by atoms with Crippen LogP contribution in [0.1, 0.15) is 98.1 Å². The molecule has 0 aliphatic heterocycles. The maximum atomic E-state index is 11.5. The number of aliphatic hydroxyl groups is 1. The number of rotatable bonds is 13. The topological polar surface area (TPSA) is 189 Å². The number of carboxylic acids is 1. The van der Waals surface area contributed by atoms with Crippen LogP contribution < -0.4 is 11.1 Å². The zero-order valence-electron chi connectivity index (χ0n) is 34.6. The fourth-order valence-electron chi connectivity index (χ4n) is 2.17. The Morgan fingerprint density at radius 2 is 1.18 bits per heavy atom. The van der Waals surface area contributed by atoms with Crippen molar-refractivity contribution in [3.63, 3.8) is 0 Å². The van der Waals surface area contributed by atoms with Gasteiger partial charge in [0.05, 0.1) is 13.1 Å². The molecule has 0 aromatic carbocycles. The van der Waals surface area contributed by atoms with Crippen molar-refractivity contribution in [2.45, 2.75) is 107 Å². The predicted molar refractivity (Wildman–Crippen MR) is 206 cm³/mol. The molecule has 0 radical (unpaired) electrons. The highest BCUT2D eigenvalue weighted by Crippen LogP contribution is 2.10. The molecule has 0 bridgehead atoms. The van der Waals surface area contributed by atoms with Crippen LogP contribution in [0.15, 0.2) is 38.0 Å². The molecule has 0 atom stereocenters. The summed E-state index contributed by atoms with van der Waals surface area (Å²) < 4.78 is 22.0. The van der Waals surface area contributed by atoms with Crippen LogP contribution in [0.25, 0.3) is 0 Å². The van der Waals surface area contributed by atoms with Gasteiger partial charge >= 0.3 is 18.2 Å². The number of allylic oxidation sites excluding steroid dienone is 2. The number of hydrogen-bond donors (Lipinski definition) is 4.